The Bertz CT molecular complexity index is 881. The molecule has 0 atom stereocenters. The molecule has 5 heteroatoms. The molecule has 0 aliphatic heterocycles. The Kier molecular flexibility index (Phi) is 5.46. The molecular formula is C20H19N3OS. The summed E-state index contributed by atoms with van der Waals surface area (Å²) >= 11 is 1.40. The third kappa shape index (κ3) is 4.67. The molecule has 4 nitrogen and oxygen atoms in total. The van der Waals surface area contributed by atoms with Crippen LogP contribution in [0.15, 0.2) is 66.0 Å². The zero-order valence-corrected chi connectivity index (χ0v) is 15.0. The van der Waals surface area contributed by atoms with Crippen molar-refractivity contribution in [2.24, 2.45) is 0 Å². The van der Waals surface area contributed by atoms with Crippen molar-refractivity contribution >= 4 is 23.4 Å². The highest BCUT2D eigenvalue weighted by Gasteiger charge is 2.08. The maximum atomic E-state index is 12.2. The topological polar surface area (TPSA) is 54.9 Å². The highest BCUT2D eigenvalue weighted by molar-refractivity contribution is 7.99. The summed E-state index contributed by atoms with van der Waals surface area (Å²) in [5, 5.41) is 3.75. The normalized spacial score (nSPS) is 10.5. The first-order valence-corrected chi connectivity index (χ1v) is 8.98. The zero-order valence-electron chi connectivity index (χ0n) is 14.2. The number of aryl methyl sites for hydroxylation is 2. The Morgan fingerprint density at radius 3 is 2.64 bits per heavy atom. The van der Waals surface area contributed by atoms with Crippen LogP contribution in [0.2, 0.25) is 0 Å². The minimum absolute atomic E-state index is 0.0430. The lowest BCUT2D eigenvalue weighted by Gasteiger charge is -2.09. The second-order valence-corrected chi connectivity index (χ2v) is 6.76. The number of hydrogen-bond acceptors (Lipinski definition) is 4. The van der Waals surface area contributed by atoms with Crippen LogP contribution in [0.25, 0.3) is 11.3 Å². The van der Waals surface area contributed by atoms with Gasteiger partial charge in [-0.25, -0.2) is 9.97 Å². The smallest absolute Gasteiger partial charge is 0.234 e. The number of amides is 1. The van der Waals surface area contributed by atoms with E-state index in [4.69, 9.17) is 0 Å². The van der Waals surface area contributed by atoms with Gasteiger partial charge in [-0.2, -0.15) is 0 Å². The zero-order chi connectivity index (χ0) is 17.6. The quantitative estimate of drug-likeness (QED) is 0.545. The molecule has 1 N–H and O–H groups in total. The van der Waals surface area contributed by atoms with Crippen molar-refractivity contribution in [3.05, 3.63) is 72.1 Å². The number of thioether (sulfide) groups is 1. The lowest BCUT2D eigenvalue weighted by Crippen LogP contribution is -2.15. The van der Waals surface area contributed by atoms with Gasteiger partial charge in [0.15, 0.2) is 0 Å². The van der Waals surface area contributed by atoms with Gasteiger partial charge in [-0.15, -0.1) is 0 Å². The largest absolute Gasteiger partial charge is 0.325 e. The van der Waals surface area contributed by atoms with E-state index in [9.17, 15) is 4.79 Å². The Morgan fingerprint density at radius 2 is 1.84 bits per heavy atom. The van der Waals surface area contributed by atoms with Crippen LogP contribution in [-0.2, 0) is 4.79 Å². The van der Waals surface area contributed by atoms with Crippen LogP contribution in [0.4, 0.5) is 5.69 Å². The summed E-state index contributed by atoms with van der Waals surface area (Å²) in [6.07, 6.45) is 1.53. The molecule has 0 unspecified atom stereocenters. The standard InChI is InChI=1S/C20H19N3OS/c1-14-8-9-15(2)17(10-14)23-19(24)12-25-20-11-18(21-13-22-20)16-6-4-3-5-7-16/h3-11,13H,12H2,1-2H3,(H,23,24). The number of rotatable bonds is 5. The summed E-state index contributed by atoms with van der Waals surface area (Å²) in [5.74, 6) is 0.261. The van der Waals surface area contributed by atoms with Crippen molar-refractivity contribution in [2.75, 3.05) is 11.1 Å². The number of anilines is 1. The van der Waals surface area contributed by atoms with Crippen LogP contribution in [0.3, 0.4) is 0 Å². The molecule has 0 bridgehead atoms. The van der Waals surface area contributed by atoms with Gasteiger partial charge < -0.3 is 5.32 Å². The molecule has 3 aromatic rings. The first kappa shape index (κ1) is 17.2. The Morgan fingerprint density at radius 1 is 1.04 bits per heavy atom. The fraction of sp³-hybridized carbons (Fsp3) is 0.150. The summed E-state index contributed by atoms with van der Waals surface area (Å²) in [6, 6.07) is 17.9. The van der Waals surface area contributed by atoms with Crippen molar-refractivity contribution in [3.8, 4) is 11.3 Å². The molecule has 0 aliphatic carbocycles. The summed E-state index contributed by atoms with van der Waals surface area (Å²) in [5.41, 5.74) is 4.92. The van der Waals surface area contributed by atoms with Gasteiger partial charge in [0.2, 0.25) is 5.91 Å². The average molecular weight is 349 g/mol. The Hall–Kier alpha value is -2.66. The Balaban J connectivity index is 1.63. The molecule has 0 spiro atoms. The van der Waals surface area contributed by atoms with Crippen molar-refractivity contribution in [2.45, 2.75) is 18.9 Å². The first-order chi connectivity index (χ1) is 12.1. The maximum Gasteiger partial charge on any atom is 0.234 e. The van der Waals surface area contributed by atoms with Gasteiger partial charge in [0.25, 0.3) is 0 Å². The fourth-order valence-electron chi connectivity index (χ4n) is 2.38. The minimum atomic E-state index is -0.0430. The van der Waals surface area contributed by atoms with Crippen LogP contribution in [0.1, 0.15) is 11.1 Å². The van der Waals surface area contributed by atoms with Crippen molar-refractivity contribution in [1.29, 1.82) is 0 Å². The molecule has 0 saturated heterocycles. The maximum absolute atomic E-state index is 12.2. The SMILES string of the molecule is Cc1ccc(C)c(NC(=O)CSc2cc(-c3ccccc3)ncn2)c1. The van der Waals surface area contributed by atoms with Crippen LogP contribution in [-0.4, -0.2) is 21.6 Å². The van der Waals surface area contributed by atoms with E-state index in [0.717, 1.165) is 33.1 Å². The van der Waals surface area contributed by atoms with Crippen LogP contribution >= 0.6 is 11.8 Å². The molecule has 0 radical (unpaired) electrons. The molecule has 1 amide bonds. The summed E-state index contributed by atoms with van der Waals surface area (Å²) in [6.45, 7) is 3.99. The van der Waals surface area contributed by atoms with Crippen molar-refractivity contribution < 1.29 is 4.79 Å². The van der Waals surface area contributed by atoms with E-state index in [0.29, 0.717) is 5.75 Å². The monoisotopic (exact) mass is 349 g/mol. The lowest BCUT2D eigenvalue weighted by atomic mass is 10.1. The van der Waals surface area contributed by atoms with Gasteiger partial charge in [0.05, 0.1) is 11.4 Å². The third-order valence-electron chi connectivity index (χ3n) is 3.73. The van der Waals surface area contributed by atoms with E-state index < -0.39 is 0 Å². The molecule has 0 aliphatic rings. The number of hydrogen-bond donors (Lipinski definition) is 1. The first-order valence-electron chi connectivity index (χ1n) is 7.99. The summed E-state index contributed by atoms with van der Waals surface area (Å²) < 4.78 is 0. The Labute approximate surface area is 151 Å². The molecule has 0 saturated carbocycles. The molecule has 2 aromatic carbocycles. The molecule has 25 heavy (non-hydrogen) atoms. The van der Waals surface area contributed by atoms with Crippen LogP contribution in [0.5, 0.6) is 0 Å². The van der Waals surface area contributed by atoms with Gasteiger partial charge in [-0.3, -0.25) is 4.79 Å². The number of nitrogens with zero attached hydrogens (tertiary/aromatic N) is 2. The van der Waals surface area contributed by atoms with Crippen LogP contribution in [0, 0.1) is 13.8 Å². The van der Waals surface area contributed by atoms with Crippen molar-refractivity contribution in [1.82, 2.24) is 9.97 Å². The van der Waals surface area contributed by atoms with Gasteiger partial charge in [-0.05, 0) is 37.1 Å². The molecule has 0 fully saturated rings. The number of carbonyl (C=O) groups is 1. The van der Waals surface area contributed by atoms with Gasteiger partial charge in [0, 0.05) is 11.3 Å². The number of benzene rings is 2. The number of aromatic nitrogens is 2. The highest BCUT2D eigenvalue weighted by Crippen LogP contribution is 2.22. The van der Waals surface area contributed by atoms with E-state index in [1.807, 2.05) is 68.4 Å². The van der Waals surface area contributed by atoms with Gasteiger partial charge in [0.1, 0.15) is 11.4 Å². The molecular weight excluding hydrogens is 330 g/mol. The molecule has 1 heterocycles. The highest BCUT2D eigenvalue weighted by atomic mass is 32.2. The fourth-order valence-corrected chi connectivity index (χ4v) is 3.05. The van der Waals surface area contributed by atoms with Gasteiger partial charge in [-0.1, -0.05) is 54.2 Å². The average Bonchev–Trinajstić information content (AvgIpc) is 2.64. The molecule has 126 valence electrons. The predicted molar refractivity (Wildman–Crippen MR) is 103 cm³/mol. The minimum Gasteiger partial charge on any atom is -0.325 e. The van der Waals surface area contributed by atoms with E-state index in [-0.39, 0.29) is 5.91 Å². The van der Waals surface area contributed by atoms with Crippen LogP contribution < -0.4 is 5.32 Å². The van der Waals surface area contributed by atoms with Gasteiger partial charge >= 0.3 is 0 Å². The van der Waals surface area contributed by atoms with Crippen molar-refractivity contribution in [3.63, 3.8) is 0 Å². The van der Waals surface area contributed by atoms with E-state index in [1.165, 1.54) is 18.1 Å². The van der Waals surface area contributed by atoms with E-state index in [2.05, 4.69) is 15.3 Å². The predicted octanol–water partition coefficient (Wildman–Crippen LogP) is 4.49. The van der Waals surface area contributed by atoms with E-state index in [1.54, 1.807) is 0 Å². The van der Waals surface area contributed by atoms with E-state index >= 15 is 0 Å². The summed E-state index contributed by atoms with van der Waals surface area (Å²) in [4.78, 5) is 20.8. The number of carbonyl (C=O) groups excluding carboxylic acids is 1. The second kappa shape index (κ2) is 7.94. The third-order valence-corrected chi connectivity index (χ3v) is 4.66. The second-order valence-electron chi connectivity index (χ2n) is 5.76. The molecule has 1 aromatic heterocycles. The molecule has 3 rings (SSSR count). The summed E-state index contributed by atoms with van der Waals surface area (Å²) in [7, 11) is 0. The lowest BCUT2D eigenvalue weighted by molar-refractivity contribution is -0.113. The number of nitrogens with one attached hydrogen (secondary N) is 1.